The largest absolute Gasteiger partial charge is 0.283 e. The number of anilines is 2. The molecule has 0 N–H and O–H groups in total. The van der Waals surface area contributed by atoms with Crippen molar-refractivity contribution in [2.45, 2.75) is 26.7 Å². The maximum absolute atomic E-state index is 13.0. The standard InChI is InChI=1S/C20H20N2O2/c1-3-10-15(2)18-19(23)21(16-11-6-4-7-12-16)22(20(18)24)17-13-8-5-9-14-17/h4-9,11-14H,3,10H2,1-2H3. The van der Waals surface area contributed by atoms with Gasteiger partial charge in [-0.1, -0.05) is 55.3 Å². The minimum atomic E-state index is -0.263. The molecular weight excluding hydrogens is 300 g/mol. The zero-order valence-electron chi connectivity index (χ0n) is 13.9. The topological polar surface area (TPSA) is 40.6 Å². The monoisotopic (exact) mass is 320 g/mol. The maximum Gasteiger partial charge on any atom is 0.283 e. The molecule has 1 aliphatic rings. The van der Waals surface area contributed by atoms with Crippen LogP contribution in [0, 0.1) is 0 Å². The minimum absolute atomic E-state index is 0.263. The Hall–Kier alpha value is -2.88. The first-order valence-electron chi connectivity index (χ1n) is 8.13. The molecule has 0 radical (unpaired) electrons. The summed E-state index contributed by atoms with van der Waals surface area (Å²) >= 11 is 0. The smallest absolute Gasteiger partial charge is 0.267 e. The summed E-state index contributed by atoms with van der Waals surface area (Å²) in [5.41, 5.74) is 2.48. The number of nitrogens with zero attached hydrogens (tertiary/aromatic N) is 2. The Morgan fingerprint density at radius 1 is 0.792 bits per heavy atom. The van der Waals surface area contributed by atoms with Gasteiger partial charge in [-0.15, -0.1) is 0 Å². The Morgan fingerprint density at radius 3 is 1.58 bits per heavy atom. The number of rotatable bonds is 4. The lowest BCUT2D eigenvalue weighted by atomic mass is 10.0. The van der Waals surface area contributed by atoms with Crippen molar-refractivity contribution in [3.8, 4) is 0 Å². The van der Waals surface area contributed by atoms with Gasteiger partial charge in [0.15, 0.2) is 0 Å². The Kier molecular flexibility index (Phi) is 4.47. The van der Waals surface area contributed by atoms with Gasteiger partial charge in [0, 0.05) is 0 Å². The fraction of sp³-hybridized carbons (Fsp3) is 0.200. The number of amides is 2. The van der Waals surface area contributed by atoms with E-state index in [9.17, 15) is 9.59 Å². The molecule has 4 heteroatoms. The summed E-state index contributed by atoms with van der Waals surface area (Å²) in [7, 11) is 0. The summed E-state index contributed by atoms with van der Waals surface area (Å²) < 4.78 is 0. The summed E-state index contributed by atoms with van der Waals surface area (Å²) in [4.78, 5) is 26.0. The molecule has 1 saturated heterocycles. The molecule has 3 rings (SSSR count). The third kappa shape index (κ3) is 2.71. The van der Waals surface area contributed by atoms with E-state index in [-0.39, 0.29) is 17.4 Å². The van der Waals surface area contributed by atoms with Gasteiger partial charge in [0.2, 0.25) is 0 Å². The zero-order valence-corrected chi connectivity index (χ0v) is 13.9. The highest BCUT2D eigenvalue weighted by Gasteiger charge is 2.43. The second-order valence-corrected chi connectivity index (χ2v) is 5.81. The van der Waals surface area contributed by atoms with Crippen LogP contribution in [0.1, 0.15) is 26.7 Å². The molecule has 0 spiro atoms. The Labute approximate surface area is 142 Å². The number of hydrogen-bond acceptors (Lipinski definition) is 2. The van der Waals surface area contributed by atoms with E-state index in [0.29, 0.717) is 11.4 Å². The molecule has 24 heavy (non-hydrogen) atoms. The van der Waals surface area contributed by atoms with Gasteiger partial charge in [-0.25, -0.2) is 10.0 Å². The van der Waals surface area contributed by atoms with Crippen LogP contribution in [-0.4, -0.2) is 11.8 Å². The lowest BCUT2D eigenvalue weighted by Gasteiger charge is -2.27. The van der Waals surface area contributed by atoms with Crippen LogP contribution in [0.25, 0.3) is 0 Å². The van der Waals surface area contributed by atoms with Crippen LogP contribution >= 0.6 is 0 Å². The predicted molar refractivity (Wildman–Crippen MR) is 95.5 cm³/mol. The van der Waals surface area contributed by atoms with Crippen LogP contribution in [0.3, 0.4) is 0 Å². The summed E-state index contributed by atoms with van der Waals surface area (Å²) in [6, 6.07) is 18.5. The number of allylic oxidation sites excluding steroid dienone is 1. The first-order chi connectivity index (χ1) is 11.6. The molecule has 2 amide bonds. The van der Waals surface area contributed by atoms with Crippen molar-refractivity contribution < 1.29 is 9.59 Å². The maximum atomic E-state index is 13.0. The van der Waals surface area contributed by atoms with Crippen molar-refractivity contribution >= 4 is 23.2 Å². The quantitative estimate of drug-likeness (QED) is 0.628. The molecule has 0 bridgehead atoms. The fourth-order valence-corrected chi connectivity index (χ4v) is 2.95. The minimum Gasteiger partial charge on any atom is -0.267 e. The Morgan fingerprint density at radius 2 is 1.21 bits per heavy atom. The summed E-state index contributed by atoms with van der Waals surface area (Å²) in [6.45, 7) is 3.91. The van der Waals surface area contributed by atoms with Crippen LogP contribution < -0.4 is 10.0 Å². The van der Waals surface area contributed by atoms with E-state index in [4.69, 9.17) is 0 Å². The average molecular weight is 320 g/mol. The van der Waals surface area contributed by atoms with Gasteiger partial charge < -0.3 is 0 Å². The molecule has 4 nitrogen and oxygen atoms in total. The van der Waals surface area contributed by atoms with E-state index < -0.39 is 0 Å². The van der Waals surface area contributed by atoms with Crippen LogP contribution in [0.4, 0.5) is 11.4 Å². The number of hydrogen-bond donors (Lipinski definition) is 0. The SMILES string of the molecule is CCCC(C)=C1C(=O)N(c2ccccc2)N(c2ccccc2)C1=O. The van der Waals surface area contributed by atoms with Gasteiger partial charge in [-0.05, 0) is 37.6 Å². The lowest BCUT2D eigenvalue weighted by Crippen LogP contribution is -2.41. The molecule has 0 aliphatic carbocycles. The molecule has 1 aliphatic heterocycles. The molecule has 122 valence electrons. The molecule has 0 saturated carbocycles. The van der Waals surface area contributed by atoms with E-state index in [1.807, 2.05) is 74.5 Å². The first kappa shape index (κ1) is 16.0. The molecule has 2 aromatic rings. The summed E-state index contributed by atoms with van der Waals surface area (Å²) in [5.74, 6) is -0.526. The van der Waals surface area contributed by atoms with E-state index in [1.165, 1.54) is 10.0 Å². The van der Waals surface area contributed by atoms with Crippen molar-refractivity contribution in [2.75, 3.05) is 10.0 Å². The van der Waals surface area contributed by atoms with Gasteiger partial charge in [0.05, 0.1) is 11.4 Å². The molecule has 0 atom stereocenters. The number of carbonyl (C=O) groups is 2. The zero-order chi connectivity index (χ0) is 17.1. The normalized spacial score (nSPS) is 14.5. The highest BCUT2D eigenvalue weighted by molar-refractivity contribution is 6.36. The van der Waals surface area contributed by atoms with Crippen LogP contribution in [0.2, 0.25) is 0 Å². The number of benzene rings is 2. The van der Waals surface area contributed by atoms with Crippen LogP contribution in [-0.2, 0) is 9.59 Å². The second-order valence-electron chi connectivity index (χ2n) is 5.81. The molecule has 1 heterocycles. The third-order valence-electron chi connectivity index (χ3n) is 4.07. The van der Waals surface area contributed by atoms with Gasteiger partial charge in [-0.2, -0.15) is 0 Å². The first-order valence-corrected chi connectivity index (χ1v) is 8.13. The molecular formula is C20H20N2O2. The Bertz CT molecular complexity index is 722. The van der Waals surface area contributed by atoms with Crippen molar-refractivity contribution in [1.29, 1.82) is 0 Å². The van der Waals surface area contributed by atoms with Crippen molar-refractivity contribution in [3.63, 3.8) is 0 Å². The average Bonchev–Trinajstić information content (AvgIpc) is 2.87. The molecule has 0 aromatic heterocycles. The van der Waals surface area contributed by atoms with E-state index in [1.54, 1.807) is 0 Å². The van der Waals surface area contributed by atoms with Crippen LogP contribution in [0.5, 0.6) is 0 Å². The van der Waals surface area contributed by atoms with Gasteiger partial charge in [0.25, 0.3) is 11.8 Å². The molecule has 0 unspecified atom stereocenters. The van der Waals surface area contributed by atoms with Gasteiger partial charge in [0.1, 0.15) is 5.57 Å². The molecule has 1 fully saturated rings. The van der Waals surface area contributed by atoms with Crippen molar-refractivity contribution in [2.24, 2.45) is 0 Å². The fourth-order valence-electron chi connectivity index (χ4n) is 2.95. The van der Waals surface area contributed by atoms with Crippen LogP contribution in [0.15, 0.2) is 71.8 Å². The number of hydrazine groups is 1. The van der Waals surface area contributed by atoms with Gasteiger partial charge in [-0.3, -0.25) is 9.59 Å². The number of carbonyl (C=O) groups excluding carboxylic acids is 2. The molecule has 2 aromatic carbocycles. The summed E-state index contributed by atoms with van der Waals surface area (Å²) in [6.07, 6.45) is 1.63. The van der Waals surface area contributed by atoms with E-state index in [2.05, 4.69) is 0 Å². The number of para-hydroxylation sites is 2. The summed E-state index contributed by atoms with van der Waals surface area (Å²) in [5, 5.41) is 2.93. The van der Waals surface area contributed by atoms with E-state index in [0.717, 1.165) is 18.4 Å². The van der Waals surface area contributed by atoms with Crippen molar-refractivity contribution in [3.05, 3.63) is 71.8 Å². The second kappa shape index (κ2) is 6.71. The van der Waals surface area contributed by atoms with Crippen molar-refractivity contribution in [1.82, 2.24) is 0 Å². The third-order valence-corrected chi connectivity index (χ3v) is 4.07. The Balaban J connectivity index is 2.15. The van der Waals surface area contributed by atoms with Gasteiger partial charge >= 0.3 is 0 Å². The lowest BCUT2D eigenvalue weighted by molar-refractivity contribution is -0.116. The van der Waals surface area contributed by atoms with E-state index >= 15 is 0 Å². The highest BCUT2D eigenvalue weighted by atomic mass is 16.2. The predicted octanol–water partition coefficient (Wildman–Crippen LogP) is 4.10. The highest BCUT2D eigenvalue weighted by Crippen LogP contribution is 2.33.